The summed E-state index contributed by atoms with van der Waals surface area (Å²) in [6.45, 7) is 2.13. The van der Waals surface area contributed by atoms with Crippen molar-refractivity contribution in [3.8, 4) is 0 Å². The Morgan fingerprint density at radius 2 is 1.77 bits per heavy atom. The van der Waals surface area contributed by atoms with Crippen LogP contribution < -0.4 is 4.90 Å². The Morgan fingerprint density at radius 3 is 2.42 bits per heavy atom. The van der Waals surface area contributed by atoms with E-state index < -0.39 is 11.7 Å². The topological polar surface area (TPSA) is 23.6 Å². The zero-order chi connectivity index (χ0) is 19.1. The normalized spacial score (nSPS) is 15.7. The van der Waals surface area contributed by atoms with Gasteiger partial charge in [-0.3, -0.25) is 4.90 Å². The van der Waals surface area contributed by atoms with Gasteiger partial charge in [0.25, 0.3) is 0 Å². The Labute approximate surface area is 157 Å². The maximum Gasteiger partial charge on any atom is 0.416 e. The number of benzene rings is 2. The van der Waals surface area contributed by atoms with Crippen LogP contribution >= 0.6 is 15.9 Å². The minimum absolute atomic E-state index is 0.193. The second-order valence-electron chi connectivity index (χ2n) is 6.07. The lowest BCUT2D eigenvalue weighted by molar-refractivity contribution is -0.137. The van der Waals surface area contributed by atoms with Crippen LogP contribution in [0.4, 0.5) is 23.7 Å². The zero-order valence-corrected chi connectivity index (χ0v) is 15.7. The van der Waals surface area contributed by atoms with Gasteiger partial charge in [0.2, 0.25) is 0 Å². The van der Waals surface area contributed by atoms with Crippen LogP contribution in [0.5, 0.6) is 0 Å². The summed E-state index contributed by atoms with van der Waals surface area (Å²) >= 11 is 3.50. The molecule has 136 valence electrons. The fourth-order valence-corrected chi connectivity index (χ4v) is 3.50. The van der Waals surface area contributed by atoms with Crippen molar-refractivity contribution in [1.82, 2.24) is 4.90 Å². The number of amides is 2. The van der Waals surface area contributed by atoms with E-state index in [-0.39, 0.29) is 11.7 Å². The molecule has 1 aliphatic rings. The Balaban J connectivity index is 2.15. The smallest absolute Gasteiger partial charge is 0.323 e. The van der Waals surface area contributed by atoms with Crippen LogP contribution in [-0.4, -0.2) is 24.5 Å². The number of carbonyl (C=O) groups excluding carboxylic acids is 1. The molecule has 1 aliphatic heterocycles. The second kappa shape index (κ2) is 6.79. The molecule has 2 amide bonds. The Kier molecular flexibility index (Phi) is 4.84. The maximum absolute atomic E-state index is 13.1. The highest BCUT2D eigenvalue weighted by molar-refractivity contribution is 9.10. The molecule has 0 saturated heterocycles. The molecule has 0 aromatic heterocycles. The average molecular weight is 425 g/mol. The highest BCUT2D eigenvalue weighted by Gasteiger charge is 2.34. The van der Waals surface area contributed by atoms with Crippen molar-refractivity contribution < 1.29 is 18.0 Å². The van der Waals surface area contributed by atoms with E-state index >= 15 is 0 Å². The molecule has 0 radical (unpaired) electrons. The molecule has 1 heterocycles. The van der Waals surface area contributed by atoms with Gasteiger partial charge in [-0.05, 0) is 42.3 Å². The Hall–Kier alpha value is -2.28. The molecule has 3 rings (SSSR count). The predicted molar refractivity (Wildman–Crippen MR) is 98.7 cm³/mol. The third kappa shape index (κ3) is 3.35. The number of carbonyl (C=O) groups is 1. The van der Waals surface area contributed by atoms with Crippen LogP contribution in [0.1, 0.15) is 18.1 Å². The fraction of sp³-hybridized carbons (Fsp3) is 0.211. The zero-order valence-electron chi connectivity index (χ0n) is 14.1. The average Bonchev–Trinajstić information content (AvgIpc) is 2.59. The molecule has 0 unspecified atom stereocenters. The van der Waals surface area contributed by atoms with Gasteiger partial charge in [-0.15, -0.1) is 0 Å². The molecule has 0 saturated carbocycles. The van der Waals surface area contributed by atoms with Crippen LogP contribution in [-0.2, 0) is 6.18 Å². The monoisotopic (exact) mass is 424 g/mol. The van der Waals surface area contributed by atoms with E-state index in [0.29, 0.717) is 12.2 Å². The highest BCUT2D eigenvalue weighted by Crippen LogP contribution is 2.37. The number of anilines is 1. The van der Waals surface area contributed by atoms with Gasteiger partial charge in [0.1, 0.15) is 0 Å². The van der Waals surface area contributed by atoms with Gasteiger partial charge in [-0.1, -0.05) is 40.2 Å². The molecule has 0 bridgehead atoms. The van der Waals surface area contributed by atoms with Crippen molar-refractivity contribution in [3.63, 3.8) is 0 Å². The molecule has 7 heteroatoms. The van der Waals surface area contributed by atoms with Gasteiger partial charge in [-0.2, -0.15) is 13.2 Å². The first-order chi connectivity index (χ1) is 12.2. The first-order valence-corrected chi connectivity index (χ1v) is 8.66. The molecular formula is C19H16BrF3N2O. The van der Waals surface area contributed by atoms with Crippen molar-refractivity contribution >= 4 is 33.2 Å². The second-order valence-corrected chi connectivity index (χ2v) is 6.92. The van der Waals surface area contributed by atoms with Crippen LogP contribution in [0.15, 0.2) is 58.7 Å². The molecular weight excluding hydrogens is 409 g/mol. The summed E-state index contributed by atoms with van der Waals surface area (Å²) in [7, 11) is 1.63. The van der Waals surface area contributed by atoms with Crippen LogP contribution in [0.25, 0.3) is 5.57 Å². The number of rotatable bonds is 2. The summed E-state index contributed by atoms with van der Waals surface area (Å²) in [5.74, 6) is 0. The van der Waals surface area contributed by atoms with Gasteiger partial charge in [0.15, 0.2) is 0 Å². The number of urea groups is 1. The maximum atomic E-state index is 13.1. The number of allylic oxidation sites excluding steroid dienone is 1. The van der Waals surface area contributed by atoms with E-state index in [0.717, 1.165) is 27.7 Å². The van der Waals surface area contributed by atoms with E-state index in [1.165, 1.54) is 21.9 Å². The lowest BCUT2D eigenvalue weighted by atomic mass is 10.0. The third-order valence-electron chi connectivity index (χ3n) is 4.32. The van der Waals surface area contributed by atoms with E-state index in [1.807, 2.05) is 24.3 Å². The van der Waals surface area contributed by atoms with Crippen molar-refractivity contribution in [3.05, 3.63) is 69.8 Å². The number of hydrogen-bond acceptors (Lipinski definition) is 1. The van der Waals surface area contributed by atoms with Crippen LogP contribution in [0.3, 0.4) is 0 Å². The van der Waals surface area contributed by atoms with Crippen LogP contribution in [0, 0.1) is 0 Å². The standard InChI is InChI=1S/C19H16BrF3N2O/c1-12-16(15-8-3-4-9-17(15)20)11-24(2)18(26)25(12)14-7-5-6-13(10-14)19(21,22)23/h3-10H,11H2,1-2H3. The lowest BCUT2D eigenvalue weighted by Gasteiger charge is -2.36. The summed E-state index contributed by atoms with van der Waals surface area (Å²) in [6.07, 6.45) is -4.47. The van der Waals surface area contributed by atoms with E-state index in [1.54, 1.807) is 14.0 Å². The molecule has 3 nitrogen and oxygen atoms in total. The predicted octanol–water partition coefficient (Wildman–Crippen LogP) is 5.77. The van der Waals surface area contributed by atoms with Gasteiger partial charge in [0, 0.05) is 23.8 Å². The number of alkyl halides is 3. The minimum atomic E-state index is -4.47. The van der Waals surface area contributed by atoms with Crippen molar-refractivity contribution in [1.29, 1.82) is 0 Å². The van der Waals surface area contributed by atoms with Gasteiger partial charge in [-0.25, -0.2) is 4.79 Å². The summed E-state index contributed by atoms with van der Waals surface area (Å²) in [5.41, 5.74) is 1.79. The quantitative estimate of drug-likeness (QED) is 0.599. The van der Waals surface area contributed by atoms with E-state index in [9.17, 15) is 18.0 Å². The number of halogens is 4. The van der Waals surface area contributed by atoms with E-state index in [4.69, 9.17) is 0 Å². The summed E-state index contributed by atoms with van der Waals surface area (Å²) in [4.78, 5) is 15.5. The Morgan fingerprint density at radius 1 is 1.08 bits per heavy atom. The van der Waals surface area contributed by atoms with Crippen molar-refractivity contribution in [2.24, 2.45) is 0 Å². The Bertz CT molecular complexity index is 892. The molecule has 0 N–H and O–H groups in total. The number of nitrogens with zero attached hydrogens (tertiary/aromatic N) is 2. The van der Waals surface area contributed by atoms with E-state index in [2.05, 4.69) is 15.9 Å². The van der Waals surface area contributed by atoms with Gasteiger partial charge in [0.05, 0.1) is 11.3 Å². The van der Waals surface area contributed by atoms with Crippen LogP contribution in [0.2, 0.25) is 0 Å². The summed E-state index contributed by atoms with van der Waals surface area (Å²) in [5, 5.41) is 0. The lowest BCUT2D eigenvalue weighted by Crippen LogP contribution is -2.45. The number of hydrogen-bond donors (Lipinski definition) is 0. The molecule has 0 atom stereocenters. The largest absolute Gasteiger partial charge is 0.416 e. The summed E-state index contributed by atoms with van der Waals surface area (Å²) in [6, 6.07) is 12.0. The SMILES string of the molecule is CC1=C(c2ccccc2Br)CN(C)C(=O)N1c1cccc(C(F)(F)F)c1. The third-order valence-corrected chi connectivity index (χ3v) is 5.01. The minimum Gasteiger partial charge on any atom is -0.323 e. The molecule has 2 aromatic rings. The van der Waals surface area contributed by atoms with Gasteiger partial charge < -0.3 is 4.90 Å². The molecule has 2 aromatic carbocycles. The fourth-order valence-electron chi connectivity index (χ4n) is 2.98. The first-order valence-electron chi connectivity index (χ1n) is 7.87. The molecule has 26 heavy (non-hydrogen) atoms. The first kappa shape index (κ1) is 18.5. The molecule has 0 spiro atoms. The van der Waals surface area contributed by atoms with Crippen molar-refractivity contribution in [2.45, 2.75) is 13.1 Å². The van der Waals surface area contributed by atoms with Gasteiger partial charge >= 0.3 is 12.2 Å². The molecule has 0 fully saturated rings. The highest BCUT2D eigenvalue weighted by atomic mass is 79.9. The number of likely N-dealkylation sites (N-methyl/N-ethyl adjacent to an activating group) is 1. The molecule has 0 aliphatic carbocycles. The van der Waals surface area contributed by atoms with Crippen molar-refractivity contribution in [2.75, 3.05) is 18.5 Å². The summed E-state index contributed by atoms with van der Waals surface area (Å²) < 4.78 is 40.1.